The lowest BCUT2D eigenvalue weighted by atomic mass is 10.1. The van der Waals surface area contributed by atoms with Gasteiger partial charge in [-0.2, -0.15) is 5.26 Å². The number of nitrogens with one attached hydrogen (secondary N) is 1. The third kappa shape index (κ3) is 6.95. The molecule has 0 radical (unpaired) electrons. The average molecular weight is 535 g/mol. The zero-order valence-electron chi connectivity index (χ0n) is 19.2. The molecule has 0 aliphatic carbocycles. The summed E-state index contributed by atoms with van der Waals surface area (Å²) >= 11 is 3.51. The third-order valence-corrected chi connectivity index (χ3v) is 5.43. The van der Waals surface area contributed by atoms with Crippen molar-refractivity contribution in [2.75, 3.05) is 11.9 Å². The lowest BCUT2D eigenvalue weighted by Gasteiger charge is -2.15. The van der Waals surface area contributed by atoms with Crippen molar-refractivity contribution in [2.45, 2.75) is 20.5 Å². The second kappa shape index (κ2) is 11.9. The molecule has 3 aromatic carbocycles. The van der Waals surface area contributed by atoms with Gasteiger partial charge in [0.05, 0.1) is 16.6 Å². The molecule has 0 saturated heterocycles. The van der Waals surface area contributed by atoms with Gasteiger partial charge in [-0.05, 0) is 77.3 Å². The van der Waals surface area contributed by atoms with Crippen LogP contribution in [-0.2, 0) is 11.4 Å². The number of nitrogens with zero attached hydrogens (tertiary/aromatic N) is 1. The van der Waals surface area contributed by atoms with E-state index in [2.05, 4.69) is 21.2 Å². The summed E-state index contributed by atoms with van der Waals surface area (Å²) in [5, 5.41) is 21.2. The van der Waals surface area contributed by atoms with Gasteiger partial charge in [-0.25, -0.2) is 4.79 Å². The highest BCUT2D eigenvalue weighted by Crippen LogP contribution is 2.38. The van der Waals surface area contributed by atoms with E-state index >= 15 is 0 Å². The number of benzene rings is 3. The van der Waals surface area contributed by atoms with Crippen LogP contribution in [0.5, 0.6) is 11.5 Å². The lowest BCUT2D eigenvalue weighted by molar-refractivity contribution is -0.112. The molecule has 1 amide bonds. The van der Waals surface area contributed by atoms with E-state index in [-0.39, 0.29) is 16.8 Å². The lowest BCUT2D eigenvalue weighted by Crippen LogP contribution is -2.14. The van der Waals surface area contributed by atoms with Crippen LogP contribution in [0.1, 0.15) is 34.0 Å². The maximum Gasteiger partial charge on any atom is 0.335 e. The fraction of sp³-hybridized carbons (Fsp3) is 0.148. The predicted molar refractivity (Wildman–Crippen MR) is 136 cm³/mol. The molecule has 178 valence electrons. The number of hydrogen-bond acceptors (Lipinski definition) is 5. The molecule has 2 N–H and O–H groups in total. The first-order valence-electron chi connectivity index (χ1n) is 10.7. The molecule has 7 nitrogen and oxygen atoms in total. The number of carboxylic acids is 1. The van der Waals surface area contributed by atoms with Crippen molar-refractivity contribution in [1.82, 2.24) is 0 Å². The second-order valence-corrected chi connectivity index (χ2v) is 8.40. The molecule has 0 spiro atoms. The molecular weight excluding hydrogens is 512 g/mol. The summed E-state index contributed by atoms with van der Waals surface area (Å²) in [5.41, 5.74) is 2.83. The number of aromatic carboxylic acids is 1. The normalized spacial score (nSPS) is 10.9. The quantitative estimate of drug-likeness (QED) is 0.258. The molecule has 0 aromatic heterocycles. The van der Waals surface area contributed by atoms with Crippen molar-refractivity contribution in [1.29, 1.82) is 5.26 Å². The van der Waals surface area contributed by atoms with Crippen molar-refractivity contribution in [3.63, 3.8) is 0 Å². The van der Waals surface area contributed by atoms with Gasteiger partial charge in [0.1, 0.15) is 18.2 Å². The fourth-order valence-corrected chi connectivity index (χ4v) is 3.85. The SMILES string of the molecule is CCOc1cc(/C=C(/C#N)C(=O)Nc2cccc(C(=O)O)c2)cc(Br)c1OCc1cccc(C)c1. The van der Waals surface area contributed by atoms with Gasteiger partial charge in [0.15, 0.2) is 11.5 Å². The van der Waals surface area contributed by atoms with Gasteiger partial charge >= 0.3 is 5.97 Å². The van der Waals surface area contributed by atoms with Crippen LogP contribution in [0.2, 0.25) is 0 Å². The molecule has 0 heterocycles. The van der Waals surface area contributed by atoms with Crippen molar-refractivity contribution in [2.24, 2.45) is 0 Å². The predicted octanol–water partition coefficient (Wildman–Crippen LogP) is 5.98. The number of carbonyl (C=O) groups excluding carboxylic acids is 1. The zero-order valence-corrected chi connectivity index (χ0v) is 20.8. The average Bonchev–Trinajstić information content (AvgIpc) is 2.82. The molecule has 3 rings (SSSR count). The summed E-state index contributed by atoms with van der Waals surface area (Å²) in [5.74, 6) is -0.800. The second-order valence-electron chi connectivity index (χ2n) is 7.55. The minimum atomic E-state index is -1.12. The van der Waals surface area contributed by atoms with Crippen molar-refractivity contribution < 1.29 is 24.2 Å². The Hall–Kier alpha value is -4.09. The topological polar surface area (TPSA) is 109 Å². The van der Waals surface area contributed by atoms with Crippen LogP contribution in [0.25, 0.3) is 6.08 Å². The zero-order chi connectivity index (χ0) is 25.4. The number of carboxylic acid groups (broad SMARTS) is 1. The molecule has 0 saturated carbocycles. The Morgan fingerprint density at radius 1 is 1.11 bits per heavy atom. The first-order valence-corrected chi connectivity index (χ1v) is 11.5. The van der Waals surface area contributed by atoms with E-state index in [4.69, 9.17) is 14.6 Å². The highest BCUT2D eigenvalue weighted by molar-refractivity contribution is 9.10. The number of nitriles is 1. The van der Waals surface area contributed by atoms with Crippen molar-refractivity contribution in [3.05, 3.63) is 93.0 Å². The first kappa shape index (κ1) is 25.5. The van der Waals surface area contributed by atoms with Crippen LogP contribution >= 0.6 is 15.9 Å². The Morgan fingerprint density at radius 2 is 1.89 bits per heavy atom. The van der Waals surface area contributed by atoms with E-state index in [1.165, 1.54) is 24.3 Å². The molecule has 35 heavy (non-hydrogen) atoms. The highest BCUT2D eigenvalue weighted by Gasteiger charge is 2.15. The van der Waals surface area contributed by atoms with Gasteiger partial charge in [-0.15, -0.1) is 0 Å². The molecule has 0 unspecified atom stereocenters. The highest BCUT2D eigenvalue weighted by atomic mass is 79.9. The molecule has 3 aromatic rings. The number of halogens is 1. The number of amides is 1. The Bertz CT molecular complexity index is 1330. The van der Waals surface area contributed by atoms with Crippen LogP contribution in [-0.4, -0.2) is 23.6 Å². The number of aryl methyl sites for hydroxylation is 1. The van der Waals surface area contributed by atoms with E-state index in [0.29, 0.717) is 34.7 Å². The van der Waals surface area contributed by atoms with Gasteiger partial charge in [-0.1, -0.05) is 35.9 Å². The summed E-state index contributed by atoms with van der Waals surface area (Å²) < 4.78 is 12.4. The Balaban J connectivity index is 1.85. The van der Waals surface area contributed by atoms with E-state index < -0.39 is 11.9 Å². The molecule has 0 bridgehead atoms. The van der Waals surface area contributed by atoms with Crippen LogP contribution in [0.4, 0.5) is 5.69 Å². The third-order valence-electron chi connectivity index (χ3n) is 4.84. The molecule has 0 fully saturated rings. The van der Waals surface area contributed by atoms with Crippen LogP contribution < -0.4 is 14.8 Å². The maximum atomic E-state index is 12.7. The minimum Gasteiger partial charge on any atom is -0.490 e. The fourth-order valence-electron chi connectivity index (χ4n) is 3.28. The number of rotatable bonds is 9. The number of carbonyl (C=O) groups is 2. The molecule has 0 atom stereocenters. The van der Waals surface area contributed by atoms with Gasteiger partial charge in [0.25, 0.3) is 5.91 Å². The van der Waals surface area contributed by atoms with Gasteiger partial charge in [0, 0.05) is 5.69 Å². The van der Waals surface area contributed by atoms with Crippen LogP contribution in [0.15, 0.2) is 70.7 Å². The first-order chi connectivity index (χ1) is 16.8. The summed E-state index contributed by atoms with van der Waals surface area (Å²) in [6, 6.07) is 19.1. The van der Waals surface area contributed by atoms with Crippen LogP contribution in [0, 0.1) is 18.3 Å². The van der Waals surface area contributed by atoms with E-state index in [9.17, 15) is 14.9 Å². The maximum absolute atomic E-state index is 12.7. The van der Waals surface area contributed by atoms with E-state index in [1.807, 2.05) is 44.2 Å². The van der Waals surface area contributed by atoms with Gasteiger partial charge in [-0.3, -0.25) is 4.79 Å². The van der Waals surface area contributed by atoms with E-state index in [1.54, 1.807) is 18.2 Å². The molecule has 0 aliphatic heterocycles. The number of hydrogen-bond donors (Lipinski definition) is 2. The largest absolute Gasteiger partial charge is 0.490 e. The summed E-state index contributed by atoms with van der Waals surface area (Å²) in [6.07, 6.45) is 1.42. The molecule has 0 aliphatic rings. The Kier molecular flexibility index (Phi) is 8.65. The number of ether oxygens (including phenoxy) is 2. The van der Waals surface area contributed by atoms with Gasteiger partial charge in [0.2, 0.25) is 0 Å². The summed E-state index contributed by atoms with van der Waals surface area (Å²) in [7, 11) is 0. The number of anilines is 1. The van der Waals surface area contributed by atoms with E-state index in [0.717, 1.165) is 11.1 Å². The Morgan fingerprint density at radius 3 is 2.57 bits per heavy atom. The summed E-state index contributed by atoms with van der Waals surface area (Å²) in [6.45, 7) is 4.60. The van der Waals surface area contributed by atoms with Gasteiger partial charge < -0.3 is 19.9 Å². The minimum absolute atomic E-state index is 0.0248. The standard InChI is InChI=1S/C27H23BrN2O5/c1-3-34-24-13-19(12-23(28)25(24)35-16-18-7-4-6-17(2)10-18)11-21(15-29)26(31)30-22-9-5-8-20(14-22)27(32)33/h4-14H,3,16H2,1-2H3,(H,30,31)(H,32,33)/b21-11-. The van der Waals surface area contributed by atoms with Crippen LogP contribution in [0.3, 0.4) is 0 Å². The smallest absolute Gasteiger partial charge is 0.335 e. The summed E-state index contributed by atoms with van der Waals surface area (Å²) in [4.78, 5) is 23.8. The van der Waals surface area contributed by atoms with Crippen molar-refractivity contribution >= 4 is 39.6 Å². The molecular formula is C27H23BrN2O5. The Labute approximate surface area is 211 Å². The molecule has 8 heteroatoms. The monoisotopic (exact) mass is 534 g/mol. The van der Waals surface area contributed by atoms with Crippen molar-refractivity contribution in [3.8, 4) is 17.6 Å².